The number of nitrogens with zero attached hydrogens (tertiary/aromatic N) is 1. The Morgan fingerprint density at radius 3 is 2.86 bits per heavy atom. The van der Waals surface area contributed by atoms with E-state index in [-0.39, 0.29) is 24.3 Å². The number of ether oxygens (including phenoxy) is 1. The minimum absolute atomic E-state index is 0.120. The lowest BCUT2D eigenvalue weighted by Crippen LogP contribution is -2.59. The summed E-state index contributed by atoms with van der Waals surface area (Å²) in [6.45, 7) is 0.967. The fraction of sp³-hybridized carbons (Fsp3) is 0.467. The van der Waals surface area contributed by atoms with Crippen molar-refractivity contribution in [3.05, 3.63) is 35.9 Å². The monoisotopic (exact) mass is 290 g/mol. The summed E-state index contributed by atoms with van der Waals surface area (Å²) < 4.78 is 5.28. The third-order valence-corrected chi connectivity index (χ3v) is 4.05. The average molecular weight is 290 g/mol. The van der Waals surface area contributed by atoms with Gasteiger partial charge in [0.25, 0.3) is 0 Å². The second-order valence-corrected chi connectivity index (χ2v) is 5.59. The van der Waals surface area contributed by atoms with E-state index in [0.29, 0.717) is 19.5 Å². The van der Waals surface area contributed by atoms with Gasteiger partial charge in [-0.25, -0.2) is 4.79 Å². The first-order valence-electron chi connectivity index (χ1n) is 7.07. The first-order valence-corrected chi connectivity index (χ1v) is 7.07. The number of nitrogens with one attached hydrogen (secondary N) is 1. The molecule has 0 spiro atoms. The average Bonchev–Trinajstić information content (AvgIpc) is 2.51. The van der Waals surface area contributed by atoms with Crippen molar-refractivity contribution in [2.24, 2.45) is 11.8 Å². The number of carbonyl (C=O) groups is 2. The molecule has 0 radical (unpaired) electrons. The molecule has 0 saturated carbocycles. The maximum absolute atomic E-state index is 12.1. The predicted octanol–water partition coefficient (Wildman–Crippen LogP) is 0.709. The van der Waals surface area contributed by atoms with Crippen molar-refractivity contribution >= 4 is 12.0 Å². The van der Waals surface area contributed by atoms with Gasteiger partial charge in [-0.3, -0.25) is 4.79 Å². The topological polar surface area (TPSA) is 78.9 Å². The molecule has 21 heavy (non-hydrogen) atoms. The lowest BCUT2D eigenvalue weighted by Gasteiger charge is -2.42. The molecule has 112 valence electrons. The number of likely N-dealkylation sites (tertiary alicyclic amines) is 1. The highest BCUT2D eigenvalue weighted by Gasteiger charge is 2.42. The molecule has 2 fully saturated rings. The van der Waals surface area contributed by atoms with E-state index in [1.807, 2.05) is 30.3 Å². The van der Waals surface area contributed by atoms with E-state index in [4.69, 9.17) is 4.74 Å². The summed E-state index contributed by atoms with van der Waals surface area (Å²) in [6, 6.07) is 9.44. The van der Waals surface area contributed by atoms with Crippen molar-refractivity contribution < 1.29 is 19.4 Å². The summed E-state index contributed by atoms with van der Waals surface area (Å²) in [4.78, 5) is 25.3. The van der Waals surface area contributed by atoms with E-state index in [9.17, 15) is 14.7 Å². The third kappa shape index (κ3) is 3.00. The molecule has 2 bridgehead atoms. The Hall–Kier alpha value is -2.08. The highest BCUT2D eigenvalue weighted by atomic mass is 16.6. The van der Waals surface area contributed by atoms with Crippen molar-refractivity contribution in [3.8, 4) is 0 Å². The van der Waals surface area contributed by atoms with Crippen LogP contribution in [0, 0.1) is 11.8 Å². The second kappa shape index (κ2) is 5.73. The molecule has 2 aliphatic rings. The second-order valence-electron chi connectivity index (χ2n) is 5.59. The van der Waals surface area contributed by atoms with Gasteiger partial charge in [0.05, 0.1) is 5.92 Å². The normalized spacial score (nSPS) is 28.0. The van der Waals surface area contributed by atoms with E-state index in [1.54, 1.807) is 0 Å². The molecule has 0 unspecified atom stereocenters. The molecule has 0 aliphatic carbocycles. The lowest BCUT2D eigenvalue weighted by molar-refractivity contribution is -0.139. The van der Waals surface area contributed by atoms with Gasteiger partial charge in [0, 0.05) is 19.0 Å². The van der Waals surface area contributed by atoms with Crippen molar-refractivity contribution in [3.63, 3.8) is 0 Å². The van der Waals surface area contributed by atoms with Crippen molar-refractivity contribution in [1.29, 1.82) is 0 Å². The zero-order valence-corrected chi connectivity index (χ0v) is 11.6. The SMILES string of the molecule is O=C1N[C@H](O)[C@H]2C[C@@H]1CN(C(=O)OCc1ccccc1)C2. The molecule has 2 amide bonds. The number of hydrogen-bond donors (Lipinski definition) is 2. The Morgan fingerprint density at radius 2 is 2.10 bits per heavy atom. The molecule has 0 aromatic heterocycles. The Kier molecular flexibility index (Phi) is 3.79. The molecule has 2 heterocycles. The Bertz CT molecular complexity index is 534. The number of hydrogen-bond acceptors (Lipinski definition) is 4. The standard InChI is InChI=1S/C15H18N2O4/c18-13-11-6-12(14(19)16-13)8-17(7-11)15(20)21-9-10-4-2-1-3-5-10/h1-5,11-13,18H,6-9H2,(H,16,19)/t11-,12+,13+/m0/s1. The van der Waals surface area contributed by atoms with E-state index in [1.165, 1.54) is 4.90 Å². The molecule has 2 saturated heterocycles. The quantitative estimate of drug-likeness (QED) is 0.841. The van der Waals surface area contributed by atoms with Crippen LogP contribution in [0.1, 0.15) is 12.0 Å². The molecule has 3 rings (SSSR count). The van der Waals surface area contributed by atoms with Crippen LogP contribution in [0.15, 0.2) is 30.3 Å². The summed E-state index contributed by atoms with van der Waals surface area (Å²) >= 11 is 0. The van der Waals surface area contributed by atoms with Gasteiger partial charge in [-0.15, -0.1) is 0 Å². The smallest absolute Gasteiger partial charge is 0.410 e. The van der Waals surface area contributed by atoms with Crippen LogP contribution >= 0.6 is 0 Å². The molecule has 6 nitrogen and oxygen atoms in total. The summed E-state index contributed by atoms with van der Waals surface area (Å²) in [5.41, 5.74) is 0.917. The van der Waals surface area contributed by atoms with Crippen LogP contribution in [-0.4, -0.2) is 41.3 Å². The number of rotatable bonds is 2. The maximum atomic E-state index is 12.1. The Balaban J connectivity index is 1.59. The fourth-order valence-electron chi connectivity index (χ4n) is 2.90. The molecule has 1 aromatic carbocycles. The Labute approximate surface area is 122 Å². The maximum Gasteiger partial charge on any atom is 0.410 e. The van der Waals surface area contributed by atoms with Gasteiger partial charge in [-0.1, -0.05) is 30.3 Å². The highest BCUT2D eigenvalue weighted by Crippen LogP contribution is 2.28. The first-order chi connectivity index (χ1) is 10.1. The first kappa shape index (κ1) is 13.9. The van der Waals surface area contributed by atoms with E-state index < -0.39 is 12.3 Å². The van der Waals surface area contributed by atoms with Crippen molar-refractivity contribution in [1.82, 2.24) is 10.2 Å². The van der Waals surface area contributed by atoms with E-state index in [0.717, 1.165) is 5.56 Å². The van der Waals surface area contributed by atoms with Gasteiger partial charge >= 0.3 is 6.09 Å². The van der Waals surface area contributed by atoms with Gasteiger partial charge < -0.3 is 20.1 Å². The van der Waals surface area contributed by atoms with Gasteiger partial charge in [-0.2, -0.15) is 0 Å². The zero-order valence-electron chi connectivity index (χ0n) is 11.6. The minimum Gasteiger partial charge on any atom is -0.445 e. The number of fused-ring (bicyclic) bond motifs is 2. The number of amides is 2. The minimum atomic E-state index is -0.876. The number of aliphatic hydroxyl groups excluding tert-OH is 1. The van der Waals surface area contributed by atoms with E-state index in [2.05, 4.69) is 5.32 Å². The molecule has 3 atom stereocenters. The van der Waals surface area contributed by atoms with Gasteiger partial charge in [0.1, 0.15) is 12.8 Å². The summed E-state index contributed by atoms with van der Waals surface area (Å²) in [5, 5.41) is 12.3. The van der Waals surface area contributed by atoms with Crippen LogP contribution in [0.2, 0.25) is 0 Å². The predicted molar refractivity (Wildman–Crippen MR) is 73.9 cm³/mol. The molecule has 6 heteroatoms. The van der Waals surface area contributed by atoms with Gasteiger partial charge in [0.2, 0.25) is 5.91 Å². The van der Waals surface area contributed by atoms with Crippen LogP contribution in [0.3, 0.4) is 0 Å². The van der Waals surface area contributed by atoms with Crippen molar-refractivity contribution in [2.45, 2.75) is 19.3 Å². The molecule has 2 N–H and O–H groups in total. The molecular weight excluding hydrogens is 272 g/mol. The lowest BCUT2D eigenvalue weighted by atomic mass is 9.84. The summed E-state index contributed by atoms with van der Waals surface area (Å²) in [6.07, 6.45) is -0.691. The zero-order chi connectivity index (χ0) is 14.8. The van der Waals surface area contributed by atoms with Crippen molar-refractivity contribution in [2.75, 3.05) is 13.1 Å². The highest BCUT2D eigenvalue weighted by molar-refractivity contribution is 5.81. The van der Waals surface area contributed by atoms with Crippen LogP contribution < -0.4 is 5.32 Å². The van der Waals surface area contributed by atoms with Crippen LogP contribution in [0.4, 0.5) is 4.79 Å². The van der Waals surface area contributed by atoms with E-state index >= 15 is 0 Å². The number of carbonyl (C=O) groups excluding carboxylic acids is 2. The third-order valence-electron chi connectivity index (χ3n) is 4.05. The number of aliphatic hydroxyl groups is 1. The largest absolute Gasteiger partial charge is 0.445 e. The molecule has 1 aromatic rings. The van der Waals surface area contributed by atoms with Gasteiger partial charge in [0.15, 0.2) is 0 Å². The molecular formula is C15H18N2O4. The number of piperidine rings is 2. The summed E-state index contributed by atoms with van der Waals surface area (Å²) in [7, 11) is 0. The fourth-order valence-corrected chi connectivity index (χ4v) is 2.90. The number of benzene rings is 1. The van der Waals surface area contributed by atoms with Gasteiger partial charge in [-0.05, 0) is 12.0 Å². The van der Waals surface area contributed by atoms with Crippen LogP contribution in [-0.2, 0) is 16.1 Å². The van der Waals surface area contributed by atoms with Crippen LogP contribution in [0.5, 0.6) is 0 Å². The molecule has 2 aliphatic heterocycles. The van der Waals surface area contributed by atoms with Crippen LogP contribution in [0.25, 0.3) is 0 Å². The summed E-state index contributed by atoms with van der Waals surface area (Å²) in [5.74, 6) is -0.568. The Morgan fingerprint density at radius 1 is 1.33 bits per heavy atom.